The van der Waals surface area contributed by atoms with Gasteiger partial charge >= 0.3 is 0 Å². The number of carbonyl (C=O) groups excluding carboxylic acids is 1. The lowest BCUT2D eigenvalue weighted by atomic mass is 10.2. The summed E-state index contributed by atoms with van der Waals surface area (Å²) in [6, 6.07) is 11.7. The lowest BCUT2D eigenvalue weighted by Crippen LogP contribution is -2.11. The molecule has 0 heterocycles. The predicted molar refractivity (Wildman–Crippen MR) is 75.6 cm³/mol. The largest absolute Gasteiger partial charge is 0.508 e. The van der Waals surface area contributed by atoms with Crippen LogP contribution in [0.4, 0.5) is 5.69 Å². The molecule has 0 aliphatic rings. The molecule has 0 fully saturated rings. The average molecular weight is 291 g/mol. The molecule has 2 rings (SSSR count). The van der Waals surface area contributed by atoms with Crippen molar-refractivity contribution >= 4 is 21.4 Å². The number of sulfone groups is 1. The zero-order chi connectivity index (χ0) is 14.8. The Bertz CT molecular complexity index is 719. The fourth-order valence-corrected chi connectivity index (χ4v) is 2.23. The van der Waals surface area contributed by atoms with Crippen LogP contribution < -0.4 is 5.32 Å². The van der Waals surface area contributed by atoms with Gasteiger partial charge in [-0.25, -0.2) is 8.42 Å². The highest BCUT2D eigenvalue weighted by Crippen LogP contribution is 2.16. The summed E-state index contributed by atoms with van der Waals surface area (Å²) in [5.74, 6) is -0.254. The molecule has 104 valence electrons. The summed E-state index contributed by atoms with van der Waals surface area (Å²) in [6.45, 7) is 0. The summed E-state index contributed by atoms with van der Waals surface area (Å²) in [6.07, 6.45) is 1.12. The molecule has 2 aromatic carbocycles. The monoisotopic (exact) mass is 291 g/mol. The number of phenols is 1. The third-order valence-electron chi connectivity index (χ3n) is 2.67. The zero-order valence-electron chi connectivity index (χ0n) is 10.7. The molecule has 2 aromatic rings. The highest BCUT2D eigenvalue weighted by Gasteiger charge is 2.08. The standard InChI is InChI=1S/C14H13NO4S/c1-20(18,19)13-8-4-11(5-9-13)15-14(17)10-2-6-12(16)7-3-10/h2-9,16H,1H3,(H,15,17). The van der Waals surface area contributed by atoms with E-state index in [0.717, 1.165) is 6.26 Å². The summed E-state index contributed by atoms with van der Waals surface area (Å²) >= 11 is 0. The first kappa shape index (κ1) is 14.1. The maximum atomic E-state index is 11.9. The van der Waals surface area contributed by atoms with Gasteiger partial charge in [-0.05, 0) is 48.5 Å². The van der Waals surface area contributed by atoms with E-state index in [-0.39, 0.29) is 16.6 Å². The molecule has 0 spiro atoms. The summed E-state index contributed by atoms with van der Waals surface area (Å²) in [4.78, 5) is 12.1. The molecular weight excluding hydrogens is 278 g/mol. The average Bonchev–Trinajstić information content (AvgIpc) is 2.39. The third-order valence-corrected chi connectivity index (χ3v) is 3.80. The Morgan fingerprint density at radius 3 is 2.05 bits per heavy atom. The van der Waals surface area contributed by atoms with Gasteiger partial charge < -0.3 is 10.4 Å². The number of nitrogens with one attached hydrogen (secondary N) is 1. The van der Waals surface area contributed by atoms with Gasteiger partial charge in [-0.2, -0.15) is 0 Å². The van der Waals surface area contributed by atoms with E-state index in [4.69, 9.17) is 5.11 Å². The smallest absolute Gasteiger partial charge is 0.255 e. The van der Waals surface area contributed by atoms with Gasteiger partial charge in [0.15, 0.2) is 9.84 Å². The number of hydrogen-bond acceptors (Lipinski definition) is 4. The SMILES string of the molecule is CS(=O)(=O)c1ccc(NC(=O)c2ccc(O)cc2)cc1. The van der Waals surface area contributed by atoms with E-state index in [9.17, 15) is 13.2 Å². The summed E-state index contributed by atoms with van der Waals surface area (Å²) in [5.41, 5.74) is 0.894. The molecule has 0 saturated carbocycles. The van der Waals surface area contributed by atoms with E-state index >= 15 is 0 Å². The molecule has 0 radical (unpaired) electrons. The van der Waals surface area contributed by atoms with Gasteiger partial charge in [0.25, 0.3) is 5.91 Å². The molecule has 0 bridgehead atoms. The molecule has 6 heteroatoms. The molecule has 5 nitrogen and oxygen atoms in total. The second kappa shape index (κ2) is 5.34. The lowest BCUT2D eigenvalue weighted by Gasteiger charge is -2.06. The van der Waals surface area contributed by atoms with E-state index in [2.05, 4.69) is 5.32 Å². The van der Waals surface area contributed by atoms with Crippen LogP contribution in [0.2, 0.25) is 0 Å². The van der Waals surface area contributed by atoms with Gasteiger partial charge in [-0.1, -0.05) is 0 Å². The minimum absolute atomic E-state index is 0.0825. The van der Waals surface area contributed by atoms with Crippen LogP contribution in [-0.4, -0.2) is 25.7 Å². The molecule has 0 unspecified atom stereocenters. The number of phenolic OH excluding ortho intramolecular Hbond substituents is 1. The van der Waals surface area contributed by atoms with Crippen LogP contribution in [-0.2, 0) is 9.84 Å². The molecule has 1 amide bonds. The van der Waals surface area contributed by atoms with E-state index in [1.165, 1.54) is 48.5 Å². The number of anilines is 1. The first-order valence-corrected chi connectivity index (χ1v) is 7.66. The maximum Gasteiger partial charge on any atom is 0.255 e. The highest BCUT2D eigenvalue weighted by molar-refractivity contribution is 7.90. The van der Waals surface area contributed by atoms with E-state index in [1.54, 1.807) is 0 Å². The van der Waals surface area contributed by atoms with Crippen molar-refractivity contribution in [2.24, 2.45) is 0 Å². The minimum atomic E-state index is -3.25. The first-order chi connectivity index (χ1) is 9.36. The van der Waals surface area contributed by atoms with Crippen LogP contribution in [0.5, 0.6) is 5.75 Å². The van der Waals surface area contributed by atoms with Gasteiger partial charge in [0.1, 0.15) is 5.75 Å². The number of carbonyl (C=O) groups is 1. The Labute approximate surface area is 116 Å². The Hall–Kier alpha value is -2.34. The molecule has 0 aliphatic heterocycles. The number of amides is 1. The summed E-state index contributed by atoms with van der Waals surface area (Å²) < 4.78 is 22.6. The lowest BCUT2D eigenvalue weighted by molar-refractivity contribution is 0.102. The van der Waals surface area contributed by atoms with Gasteiger partial charge in [0.05, 0.1) is 4.90 Å². The number of benzene rings is 2. The molecule has 2 N–H and O–H groups in total. The Kier molecular flexibility index (Phi) is 3.76. The zero-order valence-corrected chi connectivity index (χ0v) is 11.5. The molecule has 0 atom stereocenters. The van der Waals surface area contributed by atoms with Crippen molar-refractivity contribution in [3.63, 3.8) is 0 Å². The van der Waals surface area contributed by atoms with Gasteiger partial charge in [0, 0.05) is 17.5 Å². The fraction of sp³-hybridized carbons (Fsp3) is 0.0714. The van der Waals surface area contributed by atoms with Crippen molar-refractivity contribution in [2.45, 2.75) is 4.90 Å². The quantitative estimate of drug-likeness (QED) is 0.906. The number of aromatic hydroxyl groups is 1. The summed E-state index contributed by atoms with van der Waals surface area (Å²) in [5, 5.41) is 11.8. The van der Waals surface area contributed by atoms with Crippen molar-refractivity contribution in [1.29, 1.82) is 0 Å². The molecular formula is C14H13NO4S. The number of rotatable bonds is 3. The first-order valence-electron chi connectivity index (χ1n) is 5.77. The van der Waals surface area contributed by atoms with Crippen LogP contribution in [0.3, 0.4) is 0 Å². The van der Waals surface area contributed by atoms with Crippen molar-refractivity contribution in [1.82, 2.24) is 0 Å². The molecule has 0 aromatic heterocycles. The minimum Gasteiger partial charge on any atom is -0.508 e. The van der Waals surface area contributed by atoms with E-state index in [1.807, 2.05) is 0 Å². The predicted octanol–water partition coefficient (Wildman–Crippen LogP) is 2.05. The molecule has 20 heavy (non-hydrogen) atoms. The van der Waals surface area contributed by atoms with Crippen LogP contribution in [0, 0.1) is 0 Å². The van der Waals surface area contributed by atoms with Crippen molar-refractivity contribution in [3.05, 3.63) is 54.1 Å². The van der Waals surface area contributed by atoms with Crippen LogP contribution in [0.25, 0.3) is 0 Å². The van der Waals surface area contributed by atoms with Gasteiger partial charge in [-0.3, -0.25) is 4.79 Å². The number of hydrogen-bond donors (Lipinski definition) is 2. The van der Waals surface area contributed by atoms with Crippen molar-refractivity contribution in [2.75, 3.05) is 11.6 Å². The second-order valence-corrected chi connectivity index (χ2v) is 6.31. The van der Waals surface area contributed by atoms with Crippen LogP contribution in [0.15, 0.2) is 53.4 Å². The van der Waals surface area contributed by atoms with Crippen LogP contribution in [0.1, 0.15) is 10.4 Å². The molecule has 0 aliphatic carbocycles. The maximum absolute atomic E-state index is 11.9. The normalized spacial score (nSPS) is 11.1. The van der Waals surface area contributed by atoms with Crippen molar-refractivity contribution < 1.29 is 18.3 Å². The van der Waals surface area contributed by atoms with E-state index in [0.29, 0.717) is 11.3 Å². The Morgan fingerprint density at radius 1 is 1.00 bits per heavy atom. The van der Waals surface area contributed by atoms with Crippen molar-refractivity contribution in [3.8, 4) is 5.75 Å². The second-order valence-electron chi connectivity index (χ2n) is 4.30. The van der Waals surface area contributed by atoms with Crippen LogP contribution >= 0.6 is 0 Å². The van der Waals surface area contributed by atoms with E-state index < -0.39 is 9.84 Å². The fourth-order valence-electron chi connectivity index (χ4n) is 1.60. The molecule has 0 saturated heterocycles. The Morgan fingerprint density at radius 2 is 1.55 bits per heavy atom. The Balaban J connectivity index is 2.14. The third kappa shape index (κ3) is 3.36. The summed E-state index contributed by atoms with van der Waals surface area (Å²) in [7, 11) is -3.25. The topological polar surface area (TPSA) is 83.5 Å². The van der Waals surface area contributed by atoms with Gasteiger partial charge in [0.2, 0.25) is 0 Å². The van der Waals surface area contributed by atoms with Gasteiger partial charge in [-0.15, -0.1) is 0 Å². The highest BCUT2D eigenvalue weighted by atomic mass is 32.2.